The third kappa shape index (κ3) is 3.07. The standard InChI is InChI=1S/C23H23N3O6/c1-26-11-23(6-7-24,22(31)32-2)20(14(21(29)30)9-17(27)28)19-13-4-3-5-15-18(13)12(10-25-15)8-16(19)26/h3-5,9-10,16,19-20,25H,6,8,11H2,1-2H3,(H,27,28)(H,29,30)/b14-9+/t16-,19?,20?,23?/m1/s1. The number of methoxy groups -OCH3 is 1. The van der Waals surface area contributed by atoms with Crippen LogP contribution in [0, 0.1) is 22.7 Å². The van der Waals surface area contributed by atoms with Crippen LogP contribution in [-0.2, 0) is 25.5 Å². The Morgan fingerprint density at radius 3 is 2.75 bits per heavy atom. The number of H-pyrrole nitrogens is 1. The molecule has 1 aromatic heterocycles. The molecule has 166 valence electrons. The van der Waals surface area contributed by atoms with Gasteiger partial charge in [0.25, 0.3) is 0 Å². The maximum Gasteiger partial charge on any atom is 0.332 e. The molecule has 2 heterocycles. The van der Waals surface area contributed by atoms with E-state index in [2.05, 4.69) is 4.98 Å². The van der Waals surface area contributed by atoms with E-state index in [0.29, 0.717) is 12.5 Å². The van der Waals surface area contributed by atoms with Gasteiger partial charge in [0.05, 0.1) is 19.6 Å². The quantitative estimate of drug-likeness (QED) is 0.475. The summed E-state index contributed by atoms with van der Waals surface area (Å²) >= 11 is 0. The van der Waals surface area contributed by atoms with Crippen LogP contribution < -0.4 is 0 Å². The number of carboxylic acid groups (broad SMARTS) is 2. The molecular formula is C23H23N3O6. The number of ether oxygens (including phenoxy) is 1. The number of benzene rings is 1. The van der Waals surface area contributed by atoms with Crippen LogP contribution in [-0.4, -0.2) is 64.7 Å². The molecule has 4 atom stereocenters. The SMILES string of the molecule is COC(=O)C1(CC#N)CN(C)[C@@H]2Cc3c[nH]c4cccc(c34)C2C1/C(=C\C(=O)O)C(=O)O. The van der Waals surface area contributed by atoms with Crippen LogP contribution in [0.1, 0.15) is 23.5 Å². The number of hydrogen-bond donors (Lipinski definition) is 3. The van der Waals surface area contributed by atoms with Gasteiger partial charge < -0.3 is 24.8 Å². The van der Waals surface area contributed by atoms with Crippen molar-refractivity contribution in [3.63, 3.8) is 0 Å². The van der Waals surface area contributed by atoms with E-state index >= 15 is 0 Å². The van der Waals surface area contributed by atoms with E-state index in [1.807, 2.05) is 42.4 Å². The molecule has 1 aromatic carbocycles. The van der Waals surface area contributed by atoms with E-state index in [1.165, 1.54) is 7.11 Å². The largest absolute Gasteiger partial charge is 0.478 e. The molecule has 3 unspecified atom stereocenters. The second-order valence-corrected chi connectivity index (χ2v) is 8.50. The van der Waals surface area contributed by atoms with E-state index in [-0.39, 0.29) is 19.0 Å². The van der Waals surface area contributed by atoms with E-state index in [4.69, 9.17) is 4.74 Å². The van der Waals surface area contributed by atoms with Crippen LogP contribution in [0.5, 0.6) is 0 Å². The molecule has 0 amide bonds. The van der Waals surface area contributed by atoms with Gasteiger partial charge in [0.15, 0.2) is 0 Å². The summed E-state index contributed by atoms with van der Waals surface area (Å²) in [6.07, 6.45) is 2.86. The van der Waals surface area contributed by atoms with Gasteiger partial charge in [-0.05, 0) is 30.7 Å². The number of aromatic amines is 1. The number of fused-ring (bicyclic) bond motifs is 2. The molecule has 1 aliphatic carbocycles. The highest BCUT2D eigenvalue weighted by Crippen LogP contribution is 2.55. The molecule has 2 aromatic rings. The Labute approximate surface area is 183 Å². The first kappa shape index (κ1) is 21.6. The number of rotatable bonds is 5. The van der Waals surface area contributed by atoms with Gasteiger partial charge >= 0.3 is 17.9 Å². The van der Waals surface area contributed by atoms with Gasteiger partial charge in [0.1, 0.15) is 5.41 Å². The van der Waals surface area contributed by atoms with Crippen LogP contribution in [0.2, 0.25) is 0 Å². The molecule has 3 N–H and O–H groups in total. The molecular weight excluding hydrogens is 414 g/mol. The predicted molar refractivity (Wildman–Crippen MR) is 113 cm³/mol. The van der Waals surface area contributed by atoms with Crippen molar-refractivity contribution in [1.29, 1.82) is 5.26 Å². The zero-order valence-corrected chi connectivity index (χ0v) is 17.7. The first-order valence-corrected chi connectivity index (χ1v) is 10.2. The number of carboxylic acids is 2. The van der Waals surface area contributed by atoms with Gasteiger partial charge in [0, 0.05) is 53.2 Å². The fraction of sp³-hybridized carbons (Fsp3) is 0.391. The lowest BCUT2D eigenvalue weighted by Gasteiger charge is -2.54. The Morgan fingerprint density at radius 2 is 2.12 bits per heavy atom. The maximum absolute atomic E-state index is 13.2. The summed E-state index contributed by atoms with van der Waals surface area (Å²) in [7, 11) is 3.03. The smallest absolute Gasteiger partial charge is 0.332 e. The normalized spacial score (nSPS) is 27.4. The summed E-state index contributed by atoms with van der Waals surface area (Å²) in [6.45, 7) is 0.0685. The van der Waals surface area contributed by atoms with Crippen molar-refractivity contribution in [2.75, 3.05) is 20.7 Å². The zero-order chi connectivity index (χ0) is 23.2. The number of nitrogens with zero attached hydrogens (tertiary/aromatic N) is 2. The number of likely N-dealkylation sites (N-methyl/N-ethyl adjacent to an activating group) is 1. The first-order valence-electron chi connectivity index (χ1n) is 10.2. The van der Waals surface area contributed by atoms with Crippen molar-refractivity contribution in [1.82, 2.24) is 9.88 Å². The fourth-order valence-corrected chi connectivity index (χ4v) is 5.80. The lowest BCUT2D eigenvalue weighted by molar-refractivity contribution is -0.163. The number of esters is 1. The molecule has 0 saturated carbocycles. The Kier molecular flexibility index (Phi) is 5.26. The van der Waals surface area contributed by atoms with Crippen molar-refractivity contribution >= 4 is 28.8 Å². The topological polar surface area (TPSA) is 144 Å². The molecule has 0 bridgehead atoms. The highest BCUT2D eigenvalue weighted by atomic mass is 16.5. The number of carbonyl (C=O) groups excluding carboxylic acids is 1. The number of nitrogens with one attached hydrogen (secondary N) is 1. The minimum Gasteiger partial charge on any atom is -0.478 e. The van der Waals surface area contributed by atoms with Crippen molar-refractivity contribution in [2.24, 2.45) is 11.3 Å². The van der Waals surface area contributed by atoms with Gasteiger partial charge in [-0.1, -0.05) is 12.1 Å². The summed E-state index contributed by atoms with van der Waals surface area (Å²) in [5, 5.41) is 30.1. The number of aromatic nitrogens is 1. The molecule has 2 aliphatic rings. The molecule has 1 fully saturated rings. The predicted octanol–water partition coefficient (Wildman–Crippen LogP) is 1.91. The molecule has 9 nitrogen and oxygen atoms in total. The minimum absolute atomic E-state index is 0.0685. The summed E-state index contributed by atoms with van der Waals surface area (Å²) in [6, 6.07) is 7.48. The third-order valence-electron chi connectivity index (χ3n) is 6.92. The number of carbonyl (C=O) groups is 3. The van der Waals surface area contributed by atoms with Gasteiger partial charge in [-0.2, -0.15) is 5.26 Å². The van der Waals surface area contributed by atoms with E-state index < -0.39 is 40.7 Å². The van der Waals surface area contributed by atoms with Crippen LogP contribution in [0.3, 0.4) is 0 Å². The Bertz CT molecular complexity index is 1190. The van der Waals surface area contributed by atoms with Crippen molar-refractivity contribution < 1.29 is 29.3 Å². The highest BCUT2D eigenvalue weighted by Gasteiger charge is 2.60. The monoisotopic (exact) mass is 437 g/mol. The Morgan fingerprint density at radius 1 is 1.38 bits per heavy atom. The van der Waals surface area contributed by atoms with Gasteiger partial charge in [-0.3, -0.25) is 4.79 Å². The minimum atomic E-state index is -1.55. The van der Waals surface area contributed by atoms with Gasteiger partial charge in [-0.25, -0.2) is 9.59 Å². The molecule has 4 rings (SSSR count). The number of aliphatic carboxylic acids is 2. The number of hydrogen-bond acceptors (Lipinski definition) is 6. The summed E-state index contributed by atoms with van der Waals surface area (Å²) in [5.74, 6) is -5.18. The van der Waals surface area contributed by atoms with Crippen molar-refractivity contribution in [2.45, 2.75) is 24.8 Å². The molecule has 9 heteroatoms. The summed E-state index contributed by atoms with van der Waals surface area (Å²) in [4.78, 5) is 42.3. The van der Waals surface area contributed by atoms with E-state index in [1.54, 1.807) is 0 Å². The zero-order valence-electron chi connectivity index (χ0n) is 17.7. The maximum atomic E-state index is 13.2. The summed E-state index contributed by atoms with van der Waals surface area (Å²) in [5.41, 5.74) is 0.834. The number of nitriles is 1. The van der Waals surface area contributed by atoms with Crippen molar-refractivity contribution in [3.8, 4) is 6.07 Å². The van der Waals surface area contributed by atoms with E-state index in [9.17, 15) is 29.9 Å². The first-order chi connectivity index (χ1) is 15.2. The van der Waals surface area contributed by atoms with Crippen LogP contribution in [0.4, 0.5) is 0 Å². The molecule has 0 spiro atoms. The van der Waals surface area contributed by atoms with Crippen LogP contribution in [0.25, 0.3) is 10.9 Å². The average molecular weight is 437 g/mol. The second kappa shape index (κ2) is 7.80. The Hall–Kier alpha value is -3.64. The molecule has 32 heavy (non-hydrogen) atoms. The number of likely N-dealkylation sites (tertiary alicyclic amines) is 1. The molecule has 0 radical (unpaired) electrons. The molecule has 1 aliphatic heterocycles. The lowest BCUT2D eigenvalue weighted by atomic mass is 9.56. The van der Waals surface area contributed by atoms with Crippen LogP contribution >= 0.6 is 0 Å². The van der Waals surface area contributed by atoms with Crippen LogP contribution in [0.15, 0.2) is 36.0 Å². The van der Waals surface area contributed by atoms with Gasteiger partial charge in [-0.15, -0.1) is 0 Å². The van der Waals surface area contributed by atoms with Crippen molar-refractivity contribution in [3.05, 3.63) is 47.2 Å². The highest BCUT2D eigenvalue weighted by molar-refractivity contribution is 5.97. The molecule has 1 saturated heterocycles. The third-order valence-corrected chi connectivity index (χ3v) is 6.92. The second-order valence-electron chi connectivity index (χ2n) is 8.50. The van der Waals surface area contributed by atoms with E-state index in [0.717, 1.165) is 22.0 Å². The Balaban J connectivity index is 2.06. The lowest BCUT2D eigenvalue weighted by Crippen LogP contribution is -2.61. The van der Waals surface area contributed by atoms with Gasteiger partial charge in [0.2, 0.25) is 0 Å². The summed E-state index contributed by atoms with van der Waals surface area (Å²) < 4.78 is 5.08. The average Bonchev–Trinajstić information content (AvgIpc) is 3.17. The number of piperidine rings is 1. The fourth-order valence-electron chi connectivity index (χ4n) is 5.80.